The van der Waals surface area contributed by atoms with Gasteiger partial charge >= 0.3 is 0 Å². The van der Waals surface area contributed by atoms with Crippen molar-refractivity contribution in [2.24, 2.45) is 5.84 Å². The first kappa shape index (κ1) is 11.8. The molecule has 6 heteroatoms. The summed E-state index contributed by atoms with van der Waals surface area (Å²) < 4.78 is 13.5. The van der Waals surface area contributed by atoms with Gasteiger partial charge in [-0.2, -0.15) is 0 Å². The Labute approximate surface area is 102 Å². The SMILES string of the molecule is Cc1cnc(NN)nc1Sc1ccccc1F. The van der Waals surface area contributed by atoms with Crippen molar-refractivity contribution in [3.05, 3.63) is 41.8 Å². The van der Waals surface area contributed by atoms with E-state index in [0.29, 0.717) is 15.9 Å². The predicted octanol–water partition coefficient (Wildman–Crippen LogP) is 2.36. The van der Waals surface area contributed by atoms with Crippen LogP contribution in [0.1, 0.15) is 5.56 Å². The summed E-state index contributed by atoms with van der Waals surface area (Å²) in [7, 11) is 0. The van der Waals surface area contributed by atoms with Gasteiger partial charge in [0.1, 0.15) is 10.8 Å². The van der Waals surface area contributed by atoms with Gasteiger partial charge in [0.2, 0.25) is 5.95 Å². The lowest BCUT2D eigenvalue weighted by Gasteiger charge is -2.06. The summed E-state index contributed by atoms with van der Waals surface area (Å²) in [6.07, 6.45) is 1.64. The lowest BCUT2D eigenvalue weighted by atomic mass is 10.3. The van der Waals surface area contributed by atoms with E-state index in [9.17, 15) is 4.39 Å². The number of aryl methyl sites for hydroxylation is 1. The Morgan fingerprint density at radius 1 is 1.35 bits per heavy atom. The highest BCUT2D eigenvalue weighted by Crippen LogP contribution is 2.30. The second-order valence-electron chi connectivity index (χ2n) is 3.36. The highest BCUT2D eigenvalue weighted by molar-refractivity contribution is 7.99. The highest BCUT2D eigenvalue weighted by Gasteiger charge is 2.08. The van der Waals surface area contributed by atoms with Crippen molar-refractivity contribution in [1.82, 2.24) is 9.97 Å². The molecule has 1 aromatic heterocycles. The third kappa shape index (κ3) is 2.72. The molecule has 17 heavy (non-hydrogen) atoms. The van der Waals surface area contributed by atoms with E-state index in [1.54, 1.807) is 24.4 Å². The van der Waals surface area contributed by atoms with Gasteiger partial charge in [-0.25, -0.2) is 20.2 Å². The molecular weight excluding hydrogens is 239 g/mol. The second kappa shape index (κ2) is 5.11. The van der Waals surface area contributed by atoms with E-state index < -0.39 is 0 Å². The first-order chi connectivity index (χ1) is 8.20. The van der Waals surface area contributed by atoms with Gasteiger partial charge in [0.15, 0.2) is 0 Å². The molecule has 1 aromatic carbocycles. The van der Waals surface area contributed by atoms with E-state index in [1.165, 1.54) is 17.8 Å². The highest BCUT2D eigenvalue weighted by atomic mass is 32.2. The van der Waals surface area contributed by atoms with Crippen molar-refractivity contribution in [3.8, 4) is 0 Å². The lowest BCUT2D eigenvalue weighted by Crippen LogP contribution is -2.10. The normalized spacial score (nSPS) is 10.3. The molecule has 0 saturated heterocycles. The molecule has 0 saturated carbocycles. The molecule has 0 radical (unpaired) electrons. The average molecular weight is 250 g/mol. The Morgan fingerprint density at radius 2 is 2.12 bits per heavy atom. The summed E-state index contributed by atoms with van der Waals surface area (Å²) in [5.41, 5.74) is 3.24. The van der Waals surface area contributed by atoms with Crippen LogP contribution in [0.2, 0.25) is 0 Å². The molecule has 0 fully saturated rings. The Balaban J connectivity index is 2.32. The van der Waals surface area contributed by atoms with Gasteiger partial charge in [-0.15, -0.1) is 0 Å². The zero-order chi connectivity index (χ0) is 12.3. The summed E-state index contributed by atoms with van der Waals surface area (Å²) in [6, 6.07) is 6.56. The van der Waals surface area contributed by atoms with Gasteiger partial charge in [-0.3, -0.25) is 5.43 Å². The molecule has 3 N–H and O–H groups in total. The molecule has 1 heterocycles. The third-order valence-corrected chi connectivity index (χ3v) is 3.26. The summed E-state index contributed by atoms with van der Waals surface area (Å²) in [6.45, 7) is 1.86. The molecule has 0 unspecified atom stereocenters. The summed E-state index contributed by atoms with van der Waals surface area (Å²) in [4.78, 5) is 8.67. The van der Waals surface area contributed by atoms with Gasteiger partial charge in [0.25, 0.3) is 0 Å². The Bertz CT molecular complexity index is 533. The summed E-state index contributed by atoms with van der Waals surface area (Å²) >= 11 is 1.25. The molecule has 4 nitrogen and oxygen atoms in total. The molecule has 88 valence electrons. The maximum atomic E-state index is 13.5. The van der Waals surface area contributed by atoms with Crippen LogP contribution in [0.4, 0.5) is 10.3 Å². The van der Waals surface area contributed by atoms with Gasteiger partial charge < -0.3 is 0 Å². The monoisotopic (exact) mass is 250 g/mol. The molecule has 0 spiro atoms. The van der Waals surface area contributed by atoms with Crippen LogP contribution in [0.25, 0.3) is 0 Å². The molecule has 0 aliphatic heterocycles. The fraction of sp³-hybridized carbons (Fsp3) is 0.0909. The number of halogens is 1. The molecular formula is C11H11FN4S. The Kier molecular flexibility index (Phi) is 3.55. The van der Waals surface area contributed by atoms with Gasteiger partial charge in [0.05, 0.1) is 0 Å². The van der Waals surface area contributed by atoms with Crippen molar-refractivity contribution in [2.75, 3.05) is 5.43 Å². The zero-order valence-electron chi connectivity index (χ0n) is 9.14. The Morgan fingerprint density at radius 3 is 2.82 bits per heavy atom. The minimum absolute atomic E-state index is 0.266. The molecule has 0 bridgehead atoms. The van der Waals surface area contributed by atoms with Gasteiger partial charge in [0, 0.05) is 16.7 Å². The maximum absolute atomic E-state index is 13.5. The quantitative estimate of drug-likeness (QED) is 0.497. The number of hydrogen-bond acceptors (Lipinski definition) is 5. The van der Waals surface area contributed by atoms with Gasteiger partial charge in [-0.05, 0) is 19.1 Å². The topological polar surface area (TPSA) is 63.8 Å². The number of nitrogens with two attached hydrogens (primary N) is 1. The molecule has 0 atom stereocenters. The number of nitrogens with one attached hydrogen (secondary N) is 1. The van der Waals surface area contributed by atoms with E-state index in [1.807, 2.05) is 6.92 Å². The number of nitrogens with zero attached hydrogens (tertiary/aromatic N) is 2. The van der Waals surface area contributed by atoms with Crippen LogP contribution in [0.15, 0.2) is 40.4 Å². The van der Waals surface area contributed by atoms with Gasteiger partial charge in [-0.1, -0.05) is 23.9 Å². The standard InChI is InChI=1S/C11H11FN4S/c1-7-6-14-11(16-13)15-10(7)17-9-5-3-2-4-8(9)12/h2-6H,13H2,1H3,(H,14,15,16). The summed E-state index contributed by atoms with van der Waals surface area (Å²) in [5, 5.41) is 0.679. The summed E-state index contributed by atoms with van der Waals surface area (Å²) in [5.74, 6) is 5.28. The molecule has 2 rings (SSSR count). The van der Waals surface area contributed by atoms with Crippen molar-refractivity contribution in [1.29, 1.82) is 0 Å². The average Bonchev–Trinajstić information content (AvgIpc) is 2.35. The Hall–Kier alpha value is -1.66. The van der Waals surface area contributed by atoms with Crippen LogP contribution in [0, 0.1) is 12.7 Å². The predicted molar refractivity (Wildman–Crippen MR) is 65.1 cm³/mol. The lowest BCUT2D eigenvalue weighted by molar-refractivity contribution is 0.602. The first-order valence-corrected chi connectivity index (χ1v) is 5.75. The smallest absolute Gasteiger partial charge is 0.238 e. The van der Waals surface area contributed by atoms with Crippen molar-refractivity contribution in [2.45, 2.75) is 16.8 Å². The third-order valence-electron chi connectivity index (χ3n) is 2.10. The fourth-order valence-corrected chi connectivity index (χ4v) is 2.10. The number of hydrogen-bond donors (Lipinski definition) is 2. The number of rotatable bonds is 3. The second-order valence-corrected chi connectivity index (χ2v) is 4.39. The van der Waals surface area contributed by atoms with E-state index in [-0.39, 0.29) is 5.82 Å². The zero-order valence-corrected chi connectivity index (χ0v) is 9.96. The number of benzene rings is 1. The number of aromatic nitrogens is 2. The number of hydrazine groups is 1. The van der Waals surface area contributed by atoms with Crippen LogP contribution in [-0.4, -0.2) is 9.97 Å². The van der Waals surface area contributed by atoms with Crippen molar-refractivity contribution >= 4 is 17.7 Å². The van der Waals surface area contributed by atoms with Crippen molar-refractivity contribution < 1.29 is 4.39 Å². The van der Waals surface area contributed by atoms with E-state index in [4.69, 9.17) is 5.84 Å². The van der Waals surface area contributed by atoms with Crippen LogP contribution >= 0.6 is 11.8 Å². The molecule has 0 aliphatic carbocycles. The number of anilines is 1. The van der Waals surface area contributed by atoms with Crippen molar-refractivity contribution in [3.63, 3.8) is 0 Å². The largest absolute Gasteiger partial charge is 0.292 e. The molecule has 0 amide bonds. The molecule has 0 aliphatic rings. The van der Waals surface area contributed by atoms with Crippen LogP contribution in [0.5, 0.6) is 0 Å². The fourth-order valence-electron chi connectivity index (χ4n) is 1.23. The number of nitrogen functional groups attached to an aromatic ring is 1. The first-order valence-electron chi connectivity index (χ1n) is 4.93. The van der Waals surface area contributed by atoms with Crippen LogP contribution < -0.4 is 11.3 Å². The van der Waals surface area contributed by atoms with Crippen LogP contribution in [-0.2, 0) is 0 Å². The van der Waals surface area contributed by atoms with E-state index >= 15 is 0 Å². The molecule has 2 aromatic rings. The van der Waals surface area contributed by atoms with E-state index in [2.05, 4.69) is 15.4 Å². The minimum Gasteiger partial charge on any atom is -0.292 e. The minimum atomic E-state index is -0.266. The maximum Gasteiger partial charge on any atom is 0.238 e. The van der Waals surface area contributed by atoms with E-state index in [0.717, 1.165) is 5.56 Å². The van der Waals surface area contributed by atoms with Crippen LogP contribution in [0.3, 0.4) is 0 Å².